The Morgan fingerprint density at radius 1 is 0.955 bits per heavy atom. The number of hydrogen-bond donors (Lipinski definition) is 0. The SMILES string of the molecule is CCOC(=O)C(=Cc1ccc(C(C)(C)C)cc1)C(=O)OCC. The fourth-order valence-electron chi connectivity index (χ4n) is 1.86. The summed E-state index contributed by atoms with van der Waals surface area (Å²) in [6.45, 7) is 10.2. The third kappa shape index (κ3) is 5.02. The molecule has 0 atom stereocenters. The van der Waals surface area contributed by atoms with Crippen molar-refractivity contribution in [2.45, 2.75) is 40.0 Å². The van der Waals surface area contributed by atoms with Gasteiger partial charge in [-0.1, -0.05) is 45.0 Å². The maximum atomic E-state index is 11.9. The predicted octanol–water partition coefficient (Wildman–Crippen LogP) is 3.49. The Bertz CT molecular complexity index is 527. The van der Waals surface area contributed by atoms with Gasteiger partial charge in [-0.3, -0.25) is 0 Å². The molecule has 0 N–H and O–H groups in total. The molecule has 0 aromatic heterocycles. The highest BCUT2D eigenvalue weighted by atomic mass is 16.6. The number of carbonyl (C=O) groups excluding carboxylic acids is 2. The van der Waals surface area contributed by atoms with E-state index in [2.05, 4.69) is 20.8 Å². The Kier molecular flexibility index (Phi) is 6.35. The van der Waals surface area contributed by atoms with E-state index in [1.54, 1.807) is 13.8 Å². The quantitative estimate of drug-likeness (QED) is 0.361. The number of esters is 2. The van der Waals surface area contributed by atoms with E-state index in [0.29, 0.717) is 0 Å². The molecule has 0 radical (unpaired) electrons. The Hall–Kier alpha value is -2.10. The summed E-state index contributed by atoms with van der Waals surface area (Å²) in [5, 5.41) is 0. The van der Waals surface area contributed by atoms with Crippen LogP contribution in [0.4, 0.5) is 0 Å². The molecule has 4 heteroatoms. The van der Waals surface area contributed by atoms with E-state index in [4.69, 9.17) is 9.47 Å². The molecule has 0 aliphatic heterocycles. The number of carbonyl (C=O) groups is 2. The maximum absolute atomic E-state index is 11.9. The molecule has 1 aromatic carbocycles. The molecular weight excluding hydrogens is 280 g/mol. The van der Waals surface area contributed by atoms with Gasteiger partial charge in [0.05, 0.1) is 13.2 Å². The zero-order valence-electron chi connectivity index (χ0n) is 13.9. The number of hydrogen-bond acceptors (Lipinski definition) is 4. The van der Waals surface area contributed by atoms with Gasteiger partial charge >= 0.3 is 11.9 Å². The smallest absolute Gasteiger partial charge is 0.345 e. The summed E-state index contributed by atoms with van der Waals surface area (Å²) in [4.78, 5) is 23.8. The van der Waals surface area contributed by atoms with Crippen LogP contribution in [0.5, 0.6) is 0 Å². The van der Waals surface area contributed by atoms with Gasteiger partial charge in [0.25, 0.3) is 0 Å². The van der Waals surface area contributed by atoms with E-state index < -0.39 is 11.9 Å². The summed E-state index contributed by atoms with van der Waals surface area (Å²) < 4.78 is 9.83. The van der Waals surface area contributed by atoms with Crippen molar-refractivity contribution in [3.8, 4) is 0 Å². The lowest BCUT2D eigenvalue weighted by Crippen LogP contribution is -2.18. The topological polar surface area (TPSA) is 52.6 Å². The second-order valence-corrected chi connectivity index (χ2v) is 5.87. The Morgan fingerprint density at radius 3 is 1.77 bits per heavy atom. The Labute approximate surface area is 132 Å². The van der Waals surface area contributed by atoms with Crippen molar-refractivity contribution in [1.82, 2.24) is 0 Å². The van der Waals surface area contributed by atoms with Gasteiger partial charge in [0, 0.05) is 0 Å². The molecule has 0 aliphatic rings. The molecule has 120 valence electrons. The first-order valence-corrected chi connectivity index (χ1v) is 7.46. The van der Waals surface area contributed by atoms with Crippen LogP contribution in [-0.2, 0) is 24.5 Å². The third-order valence-electron chi connectivity index (χ3n) is 3.08. The first-order valence-electron chi connectivity index (χ1n) is 7.46. The van der Waals surface area contributed by atoms with Crippen LogP contribution in [0.25, 0.3) is 6.08 Å². The van der Waals surface area contributed by atoms with Crippen LogP contribution in [0.3, 0.4) is 0 Å². The van der Waals surface area contributed by atoms with Gasteiger partial charge < -0.3 is 9.47 Å². The van der Waals surface area contributed by atoms with E-state index in [-0.39, 0.29) is 24.2 Å². The van der Waals surface area contributed by atoms with Gasteiger partial charge in [0.15, 0.2) is 0 Å². The van der Waals surface area contributed by atoms with Crippen molar-refractivity contribution in [2.24, 2.45) is 0 Å². The highest BCUT2D eigenvalue weighted by Crippen LogP contribution is 2.23. The minimum absolute atomic E-state index is 0.0490. The zero-order valence-corrected chi connectivity index (χ0v) is 13.9. The summed E-state index contributed by atoms with van der Waals surface area (Å²) in [5.74, 6) is -1.33. The van der Waals surface area contributed by atoms with E-state index in [0.717, 1.165) is 5.56 Å². The van der Waals surface area contributed by atoms with Crippen LogP contribution < -0.4 is 0 Å². The largest absolute Gasteiger partial charge is 0.462 e. The fraction of sp³-hybridized carbons (Fsp3) is 0.444. The molecular formula is C18H24O4. The molecule has 1 aromatic rings. The summed E-state index contributed by atoms with van der Waals surface area (Å²) in [6, 6.07) is 7.72. The monoisotopic (exact) mass is 304 g/mol. The van der Waals surface area contributed by atoms with E-state index in [1.165, 1.54) is 11.6 Å². The van der Waals surface area contributed by atoms with Crippen molar-refractivity contribution >= 4 is 18.0 Å². The van der Waals surface area contributed by atoms with Gasteiger partial charge in [-0.05, 0) is 36.5 Å². The number of rotatable bonds is 5. The average molecular weight is 304 g/mol. The zero-order chi connectivity index (χ0) is 16.8. The van der Waals surface area contributed by atoms with Crippen LogP contribution in [0, 0.1) is 0 Å². The molecule has 0 unspecified atom stereocenters. The van der Waals surface area contributed by atoms with Crippen LogP contribution in [0.15, 0.2) is 29.8 Å². The van der Waals surface area contributed by atoms with E-state index in [9.17, 15) is 9.59 Å². The molecule has 0 fully saturated rings. The standard InChI is InChI=1S/C18H24O4/c1-6-21-16(19)15(17(20)22-7-2)12-13-8-10-14(11-9-13)18(3,4)5/h8-12H,6-7H2,1-5H3. The van der Waals surface area contributed by atoms with Crippen molar-refractivity contribution in [2.75, 3.05) is 13.2 Å². The Balaban J connectivity index is 3.10. The molecule has 0 bridgehead atoms. The molecule has 0 saturated heterocycles. The van der Waals surface area contributed by atoms with Crippen molar-refractivity contribution in [3.63, 3.8) is 0 Å². The van der Waals surface area contributed by atoms with Crippen LogP contribution >= 0.6 is 0 Å². The van der Waals surface area contributed by atoms with Gasteiger partial charge in [-0.25, -0.2) is 9.59 Å². The summed E-state index contributed by atoms with van der Waals surface area (Å²) in [6.07, 6.45) is 1.50. The minimum Gasteiger partial charge on any atom is -0.462 e. The van der Waals surface area contributed by atoms with E-state index >= 15 is 0 Å². The lowest BCUT2D eigenvalue weighted by atomic mass is 9.86. The number of ether oxygens (including phenoxy) is 2. The molecule has 0 amide bonds. The predicted molar refractivity (Wildman–Crippen MR) is 86.4 cm³/mol. The van der Waals surface area contributed by atoms with Gasteiger partial charge in [0.1, 0.15) is 5.57 Å². The van der Waals surface area contributed by atoms with Crippen molar-refractivity contribution in [1.29, 1.82) is 0 Å². The van der Waals surface area contributed by atoms with Crippen LogP contribution in [0.2, 0.25) is 0 Å². The average Bonchev–Trinajstić information content (AvgIpc) is 2.44. The molecule has 0 spiro atoms. The van der Waals surface area contributed by atoms with Crippen molar-refractivity contribution in [3.05, 3.63) is 41.0 Å². The first-order chi connectivity index (χ1) is 10.3. The second-order valence-electron chi connectivity index (χ2n) is 5.87. The molecule has 0 saturated carbocycles. The molecule has 0 heterocycles. The highest BCUT2D eigenvalue weighted by molar-refractivity contribution is 6.17. The summed E-state index contributed by atoms with van der Waals surface area (Å²) in [7, 11) is 0. The molecule has 4 nitrogen and oxygen atoms in total. The van der Waals surface area contributed by atoms with Gasteiger partial charge in [0.2, 0.25) is 0 Å². The first kappa shape index (κ1) is 18.0. The third-order valence-corrected chi connectivity index (χ3v) is 3.08. The lowest BCUT2D eigenvalue weighted by Gasteiger charge is -2.18. The maximum Gasteiger partial charge on any atom is 0.345 e. The van der Waals surface area contributed by atoms with E-state index in [1.807, 2.05) is 24.3 Å². The highest BCUT2D eigenvalue weighted by Gasteiger charge is 2.21. The summed E-state index contributed by atoms with van der Waals surface area (Å²) >= 11 is 0. The fourth-order valence-corrected chi connectivity index (χ4v) is 1.86. The molecule has 22 heavy (non-hydrogen) atoms. The number of benzene rings is 1. The minimum atomic E-state index is -0.666. The lowest BCUT2D eigenvalue weighted by molar-refractivity contribution is -0.146. The molecule has 1 rings (SSSR count). The normalized spacial score (nSPS) is 10.8. The van der Waals surface area contributed by atoms with Crippen LogP contribution in [0.1, 0.15) is 45.7 Å². The second kappa shape index (κ2) is 7.78. The van der Waals surface area contributed by atoms with Crippen molar-refractivity contribution < 1.29 is 19.1 Å². The van der Waals surface area contributed by atoms with Crippen LogP contribution in [-0.4, -0.2) is 25.2 Å². The van der Waals surface area contributed by atoms with Gasteiger partial charge in [-0.2, -0.15) is 0 Å². The Morgan fingerprint density at radius 2 is 1.41 bits per heavy atom. The van der Waals surface area contributed by atoms with Gasteiger partial charge in [-0.15, -0.1) is 0 Å². The molecule has 0 aliphatic carbocycles. The summed E-state index contributed by atoms with van der Waals surface area (Å²) in [5.41, 5.74) is 1.89.